The van der Waals surface area contributed by atoms with Crippen LogP contribution < -0.4 is 0 Å². The van der Waals surface area contributed by atoms with Gasteiger partial charge in [0.2, 0.25) is 0 Å². The Morgan fingerprint density at radius 2 is 2.20 bits per heavy atom. The fourth-order valence-electron chi connectivity index (χ4n) is 1.40. The Hall–Kier alpha value is -1.77. The molecule has 0 aromatic carbocycles. The lowest BCUT2D eigenvalue weighted by atomic mass is 9.99. The first-order valence-corrected chi connectivity index (χ1v) is 5.16. The molecule has 1 aromatic heterocycles. The summed E-state index contributed by atoms with van der Waals surface area (Å²) in [6.07, 6.45) is 2.64. The summed E-state index contributed by atoms with van der Waals surface area (Å²) in [4.78, 5) is 4.33. The molecule has 0 spiro atoms. The van der Waals surface area contributed by atoms with Crippen LogP contribution in [0.15, 0.2) is 24.6 Å². The second kappa shape index (κ2) is 5.20. The van der Waals surface area contributed by atoms with Gasteiger partial charge in [-0.3, -0.25) is 4.98 Å². The number of pyridine rings is 1. The minimum absolute atomic E-state index is 0.787. The summed E-state index contributed by atoms with van der Waals surface area (Å²) in [5, 5.41) is 0. The Kier molecular flexibility index (Phi) is 3.92. The van der Waals surface area contributed by atoms with Crippen molar-refractivity contribution in [1.29, 1.82) is 0 Å². The van der Waals surface area contributed by atoms with Crippen molar-refractivity contribution in [1.82, 2.24) is 4.98 Å². The summed E-state index contributed by atoms with van der Waals surface area (Å²) in [6, 6.07) is 2.12. The van der Waals surface area contributed by atoms with Gasteiger partial charge in [-0.25, -0.2) is 0 Å². The number of nitrogens with zero attached hydrogens (tertiary/aromatic N) is 1. The number of allylic oxidation sites excluding steroid dienone is 1. The molecule has 1 heterocycles. The number of aryl methyl sites for hydroxylation is 1. The van der Waals surface area contributed by atoms with Crippen LogP contribution in [0.4, 0.5) is 0 Å². The van der Waals surface area contributed by atoms with Crippen LogP contribution >= 0.6 is 0 Å². The SMILES string of the molecule is C=C=C1C#CCc2cc(C)cnc21.CC. The van der Waals surface area contributed by atoms with Gasteiger partial charge in [0.25, 0.3) is 0 Å². The summed E-state index contributed by atoms with van der Waals surface area (Å²) >= 11 is 0. The second-order valence-corrected chi connectivity index (χ2v) is 3.05. The van der Waals surface area contributed by atoms with Crippen LogP contribution in [0.1, 0.15) is 30.7 Å². The maximum atomic E-state index is 4.33. The first-order valence-electron chi connectivity index (χ1n) is 5.16. The predicted octanol–water partition coefficient (Wildman–Crippen LogP) is 3.14. The van der Waals surface area contributed by atoms with Gasteiger partial charge in [-0.2, -0.15) is 0 Å². The molecular formula is C14H15N. The van der Waals surface area contributed by atoms with Crippen molar-refractivity contribution in [2.24, 2.45) is 0 Å². The third kappa shape index (κ3) is 2.37. The summed E-state index contributed by atoms with van der Waals surface area (Å²) in [7, 11) is 0. The molecule has 1 aliphatic rings. The van der Waals surface area contributed by atoms with Gasteiger partial charge in [0.1, 0.15) is 0 Å². The van der Waals surface area contributed by atoms with Gasteiger partial charge in [0, 0.05) is 12.6 Å². The molecule has 0 bridgehead atoms. The first-order chi connectivity index (χ1) is 7.31. The minimum atomic E-state index is 0.787. The average Bonchev–Trinajstić information content (AvgIpc) is 2.30. The lowest BCUT2D eigenvalue weighted by Crippen LogP contribution is -2.00. The highest BCUT2D eigenvalue weighted by molar-refractivity contribution is 5.80. The Morgan fingerprint density at radius 1 is 1.47 bits per heavy atom. The molecule has 2 rings (SSSR count). The standard InChI is InChI=1S/C12H9N.C2H6/c1-3-10-5-4-6-11-7-9(2)8-13-12(10)11;1-2/h7-8H,1,6H2,2H3;1-2H3. The molecule has 1 aliphatic carbocycles. The van der Waals surface area contributed by atoms with E-state index >= 15 is 0 Å². The van der Waals surface area contributed by atoms with Crippen molar-refractivity contribution in [3.05, 3.63) is 41.4 Å². The van der Waals surface area contributed by atoms with E-state index in [-0.39, 0.29) is 0 Å². The molecule has 0 fully saturated rings. The Labute approximate surface area is 91.6 Å². The maximum absolute atomic E-state index is 4.33. The van der Waals surface area contributed by atoms with Crippen LogP contribution in [0.25, 0.3) is 5.57 Å². The van der Waals surface area contributed by atoms with Gasteiger partial charge in [0.05, 0.1) is 11.3 Å². The molecule has 76 valence electrons. The molecule has 1 heteroatoms. The van der Waals surface area contributed by atoms with E-state index in [1.807, 2.05) is 27.0 Å². The number of hydrogen-bond acceptors (Lipinski definition) is 1. The average molecular weight is 197 g/mol. The van der Waals surface area contributed by atoms with Crippen molar-refractivity contribution in [3.63, 3.8) is 0 Å². The molecule has 0 N–H and O–H groups in total. The number of hydrogen-bond donors (Lipinski definition) is 0. The summed E-state index contributed by atoms with van der Waals surface area (Å²) in [6.45, 7) is 9.64. The molecule has 0 atom stereocenters. The lowest BCUT2D eigenvalue weighted by Gasteiger charge is -2.08. The van der Waals surface area contributed by atoms with Gasteiger partial charge in [0.15, 0.2) is 0 Å². The summed E-state index contributed by atoms with van der Waals surface area (Å²) in [5.41, 5.74) is 6.93. The molecule has 0 saturated heterocycles. The molecule has 0 saturated carbocycles. The molecular weight excluding hydrogens is 182 g/mol. The number of aromatic nitrogens is 1. The first kappa shape index (κ1) is 11.3. The van der Waals surface area contributed by atoms with Crippen molar-refractivity contribution < 1.29 is 0 Å². The van der Waals surface area contributed by atoms with E-state index in [0.29, 0.717) is 0 Å². The molecule has 0 radical (unpaired) electrons. The van der Waals surface area contributed by atoms with E-state index in [0.717, 1.165) is 17.7 Å². The Balaban J connectivity index is 0.000000531. The third-order valence-electron chi connectivity index (χ3n) is 2.01. The molecule has 0 amide bonds. The molecule has 1 nitrogen and oxygen atoms in total. The highest BCUT2D eigenvalue weighted by Gasteiger charge is 2.09. The molecule has 0 aliphatic heterocycles. The largest absolute Gasteiger partial charge is 0.254 e. The Bertz CT molecular complexity index is 466. The zero-order valence-electron chi connectivity index (χ0n) is 9.52. The third-order valence-corrected chi connectivity index (χ3v) is 2.01. The summed E-state index contributed by atoms with van der Waals surface area (Å²) in [5.74, 6) is 6.01. The monoisotopic (exact) mass is 197 g/mol. The van der Waals surface area contributed by atoms with Gasteiger partial charge >= 0.3 is 0 Å². The number of fused-ring (bicyclic) bond motifs is 1. The zero-order chi connectivity index (χ0) is 11.3. The summed E-state index contributed by atoms with van der Waals surface area (Å²) < 4.78 is 0. The quantitative estimate of drug-likeness (QED) is 0.460. The fourth-order valence-corrected chi connectivity index (χ4v) is 1.40. The van der Waals surface area contributed by atoms with Crippen LogP contribution in [0.2, 0.25) is 0 Å². The second-order valence-electron chi connectivity index (χ2n) is 3.05. The predicted molar refractivity (Wildman–Crippen MR) is 64.3 cm³/mol. The fraction of sp³-hybridized carbons (Fsp3) is 0.286. The van der Waals surface area contributed by atoms with Crippen LogP contribution in [-0.2, 0) is 6.42 Å². The number of rotatable bonds is 0. The molecule has 1 aromatic rings. The topological polar surface area (TPSA) is 12.9 Å². The van der Waals surface area contributed by atoms with Crippen molar-refractivity contribution in [3.8, 4) is 11.8 Å². The van der Waals surface area contributed by atoms with Gasteiger partial charge in [-0.15, -0.1) is 5.73 Å². The van der Waals surface area contributed by atoms with Crippen LogP contribution in [-0.4, -0.2) is 4.98 Å². The van der Waals surface area contributed by atoms with Gasteiger partial charge in [-0.1, -0.05) is 38.3 Å². The van der Waals surface area contributed by atoms with Crippen molar-refractivity contribution >= 4 is 5.57 Å². The van der Waals surface area contributed by atoms with Crippen LogP contribution in [0.5, 0.6) is 0 Å². The van der Waals surface area contributed by atoms with Gasteiger partial charge < -0.3 is 0 Å². The molecule has 0 unspecified atom stereocenters. The van der Waals surface area contributed by atoms with E-state index < -0.39 is 0 Å². The zero-order valence-corrected chi connectivity index (χ0v) is 9.52. The van der Waals surface area contributed by atoms with Crippen molar-refractivity contribution in [2.75, 3.05) is 0 Å². The highest BCUT2D eigenvalue weighted by Crippen LogP contribution is 2.19. The Morgan fingerprint density at radius 3 is 2.87 bits per heavy atom. The van der Waals surface area contributed by atoms with Gasteiger partial charge in [-0.05, 0) is 18.1 Å². The van der Waals surface area contributed by atoms with E-state index in [1.165, 1.54) is 11.1 Å². The minimum Gasteiger partial charge on any atom is -0.254 e. The lowest BCUT2D eigenvalue weighted by molar-refractivity contribution is 1.14. The van der Waals surface area contributed by atoms with E-state index in [9.17, 15) is 0 Å². The van der Waals surface area contributed by atoms with E-state index in [1.54, 1.807) is 0 Å². The smallest absolute Gasteiger partial charge is 0.0918 e. The van der Waals surface area contributed by atoms with E-state index in [4.69, 9.17) is 0 Å². The van der Waals surface area contributed by atoms with Crippen molar-refractivity contribution in [2.45, 2.75) is 27.2 Å². The van der Waals surface area contributed by atoms with E-state index in [2.05, 4.69) is 35.2 Å². The maximum Gasteiger partial charge on any atom is 0.0918 e. The van der Waals surface area contributed by atoms with Crippen LogP contribution in [0.3, 0.4) is 0 Å². The molecule has 15 heavy (non-hydrogen) atoms. The highest BCUT2D eigenvalue weighted by atomic mass is 14.7. The van der Waals surface area contributed by atoms with Crippen LogP contribution in [0, 0.1) is 18.8 Å². The normalized spacial score (nSPS) is 11.3.